The Labute approximate surface area is 109 Å². The average Bonchev–Trinajstić information content (AvgIpc) is 2.18. The molecule has 0 aliphatic carbocycles. The van der Waals surface area contributed by atoms with Gasteiger partial charge in [-0.1, -0.05) is 11.6 Å². The maximum atomic E-state index is 10.7. The molecule has 0 aromatic heterocycles. The minimum Gasteiger partial charge on any atom is -0.481 e. The van der Waals surface area contributed by atoms with Crippen molar-refractivity contribution in [1.29, 1.82) is 0 Å². The number of carboxylic acid groups (broad SMARTS) is 1. The standard InChI is InChI=1S/C11H13ClN2O4/c1-11(2,6-10(15)16)13-9-4-3-7(14(17)18)5-8(9)12/h3-5,13H,6H2,1-2H3,(H,15,16). The number of hydrogen-bond donors (Lipinski definition) is 2. The van der Waals surface area contributed by atoms with Crippen LogP contribution in [-0.4, -0.2) is 21.5 Å². The number of aliphatic carboxylic acids is 1. The van der Waals surface area contributed by atoms with Gasteiger partial charge < -0.3 is 10.4 Å². The summed E-state index contributed by atoms with van der Waals surface area (Å²) in [5.41, 5.74) is -0.346. The molecule has 0 saturated carbocycles. The van der Waals surface area contributed by atoms with Gasteiger partial charge in [0.15, 0.2) is 0 Å². The number of non-ortho nitro benzene ring substituents is 1. The van der Waals surface area contributed by atoms with Crippen LogP contribution in [0.15, 0.2) is 18.2 Å². The van der Waals surface area contributed by atoms with Crippen molar-refractivity contribution in [2.75, 3.05) is 5.32 Å². The van der Waals surface area contributed by atoms with Crippen LogP contribution in [0.5, 0.6) is 0 Å². The van der Waals surface area contributed by atoms with Gasteiger partial charge in [0.2, 0.25) is 0 Å². The minimum absolute atomic E-state index is 0.0969. The monoisotopic (exact) mass is 272 g/mol. The summed E-state index contributed by atoms with van der Waals surface area (Å²) in [7, 11) is 0. The molecule has 6 nitrogen and oxygen atoms in total. The van der Waals surface area contributed by atoms with E-state index < -0.39 is 16.4 Å². The van der Waals surface area contributed by atoms with E-state index in [-0.39, 0.29) is 17.1 Å². The summed E-state index contributed by atoms with van der Waals surface area (Å²) in [4.78, 5) is 20.7. The van der Waals surface area contributed by atoms with E-state index in [1.54, 1.807) is 13.8 Å². The zero-order valence-corrected chi connectivity index (χ0v) is 10.7. The lowest BCUT2D eigenvalue weighted by Crippen LogP contribution is -2.33. The summed E-state index contributed by atoms with van der Waals surface area (Å²) in [6.45, 7) is 3.41. The second kappa shape index (κ2) is 5.22. The van der Waals surface area contributed by atoms with E-state index in [1.807, 2.05) is 0 Å². The van der Waals surface area contributed by atoms with Gasteiger partial charge in [0.05, 0.1) is 22.1 Å². The van der Waals surface area contributed by atoms with E-state index in [2.05, 4.69) is 5.32 Å². The molecule has 0 heterocycles. The molecular formula is C11H13ClN2O4. The van der Waals surface area contributed by atoms with Crippen molar-refractivity contribution in [2.24, 2.45) is 0 Å². The van der Waals surface area contributed by atoms with Crippen LogP contribution in [0, 0.1) is 10.1 Å². The summed E-state index contributed by atoms with van der Waals surface area (Å²) in [6.07, 6.45) is -0.0969. The lowest BCUT2D eigenvalue weighted by atomic mass is 10.0. The van der Waals surface area contributed by atoms with Gasteiger partial charge in [-0.2, -0.15) is 0 Å². The van der Waals surface area contributed by atoms with Gasteiger partial charge in [0, 0.05) is 17.7 Å². The summed E-state index contributed by atoms with van der Waals surface area (Å²) in [5.74, 6) is -0.939. The van der Waals surface area contributed by atoms with Crippen molar-refractivity contribution in [3.8, 4) is 0 Å². The number of nitro groups is 1. The first-order valence-corrected chi connectivity index (χ1v) is 5.53. The summed E-state index contributed by atoms with van der Waals surface area (Å²) in [6, 6.07) is 4.00. The molecule has 0 aliphatic heterocycles. The molecule has 7 heteroatoms. The lowest BCUT2D eigenvalue weighted by molar-refractivity contribution is -0.384. The number of nitrogens with zero attached hydrogens (tertiary/aromatic N) is 1. The highest BCUT2D eigenvalue weighted by Crippen LogP contribution is 2.29. The van der Waals surface area contributed by atoms with Crippen LogP contribution in [-0.2, 0) is 4.79 Å². The van der Waals surface area contributed by atoms with E-state index in [0.29, 0.717) is 5.69 Å². The molecule has 0 unspecified atom stereocenters. The number of carbonyl (C=O) groups is 1. The third-order valence-electron chi connectivity index (χ3n) is 2.23. The van der Waals surface area contributed by atoms with Crippen molar-refractivity contribution >= 4 is 28.9 Å². The maximum Gasteiger partial charge on any atom is 0.305 e. The van der Waals surface area contributed by atoms with Gasteiger partial charge in [-0.25, -0.2) is 0 Å². The Kier molecular flexibility index (Phi) is 4.13. The Morgan fingerprint density at radius 3 is 2.61 bits per heavy atom. The fraction of sp³-hybridized carbons (Fsp3) is 0.364. The predicted molar refractivity (Wildman–Crippen MR) is 68.1 cm³/mol. The third kappa shape index (κ3) is 3.89. The first-order chi connectivity index (χ1) is 8.21. The molecule has 0 bridgehead atoms. The van der Waals surface area contributed by atoms with Crippen LogP contribution in [0.3, 0.4) is 0 Å². The van der Waals surface area contributed by atoms with E-state index in [4.69, 9.17) is 16.7 Å². The van der Waals surface area contributed by atoms with Gasteiger partial charge in [-0.3, -0.25) is 14.9 Å². The van der Waals surface area contributed by atoms with E-state index in [9.17, 15) is 14.9 Å². The number of halogens is 1. The van der Waals surface area contributed by atoms with Crippen molar-refractivity contribution in [1.82, 2.24) is 0 Å². The smallest absolute Gasteiger partial charge is 0.305 e. The fourth-order valence-corrected chi connectivity index (χ4v) is 1.73. The van der Waals surface area contributed by atoms with E-state index in [0.717, 1.165) is 0 Å². The Hall–Kier alpha value is -1.82. The van der Waals surface area contributed by atoms with Gasteiger partial charge in [0.25, 0.3) is 5.69 Å². The highest BCUT2D eigenvalue weighted by atomic mass is 35.5. The van der Waals surface area contributed by atoms with Gasteiger partial charge in [0.1, 0.15) is 0 Å². The Balaban J connectivity index is 2.92. The summed E-state index contributed by atoms with van der Waals surface area (Å²) >= 11 is 5.90. The third-order valence-corrected chi connectivity index (χ3v) is 2.54. The first kappa shape index (κ1) is 14.2. The van der Waals surface area contributed by atoms with E-state index in [1.165, 1.54) is 18.2 Å². The summed E-state index contributed by atoms with van der Waals surface area (Å²) < 4.78 is 0. The molecule has 0 fully saturated rings. The number of rotatable bonds is 5. The average molecular weight is 273 g/mol. The number of hydrogen-bond acceptors (Lipinski definition) is 4. The first-order valence-electron chi connectivity index (χ1n) is 5.15. The molecule has 0 spiro atoms. The van der Waals surface area contributed by atoms with Crippen molar-refractivity contribution < 1.29 is 14.8 Å². The zero-order valence-electron chi connectivity index (χ0n) is 9.94. The highest BCUT2D eigenvalue weighted by Gasteiger charge is 2.22. The van der Waals surface area contributed by atoms with Crippen molar-refractivity contribution in [2.45, 2.75) is 25.8 Å². The Bertz CT molecular complexity index is 488. The van der Waals surface area contributed by atoms with E-state index >= 15 is 0 Å². The van der Waals surface area contributed by atoms with Crippen LogP contribution < -0.4 is 5.32 Å². The predicted octanol–water partition coefficient (Wildman–Crippen LogP) is 2.91. The fourth-order valence-electron chi connectivity index (χ4n) is 1.51. The highest BCUT2D eigenvalue weighted by molar-refractivity contribution is 6.33. The minimum atomic E-state index is -0.939. The molecular weight excluding hydrogens is 260 g/mol. The zero-order chi connectivity index (χ0) is 13.9. The lowest BCUT2D eigenvalue weighted by Gasteiger charge is -2.26. The molecule has 0 saturated heterocycles. The molecule has 0 amide bonds. The number of anilines is 1. The van der Waals surface area contributed by atoms with Gasteiger partial charge >= 0.3 is 5.97 Å². The topological polar surface area (TPSA) is 92.5 Å². The SMILES string of the molecule is CC(C)(CC(=O)O)Nc1ccc([N+](=O)[O-])cc1Cl. The Morgan fingerprint density at radius 2 is 2.17 bits per heavy atom. The van der Waals surface area contributed by atoms with Crippen molar-refractivity contribution in [3.63, 3.8) is 0 Å². The number of carboxylic acids is 1. The van der Waals surface area contributed by atoms with Crippen molar-refractivity contribution in [3.05, 3.63) is 33.3 Å². The van der Waals surface area contributed by atoms with Crippen LogP contribution >= 0.6 is 11.6 Å². The molecule has 0 atom stereocenters. The normalized spacial score (nSPS) is 11.1. The maximum absolute atomic E-state index is 10.7. The quantitative estimate of drug-likeness (QED) is 0.635. The largest absolute Gasteiger partial charge is 0.481 e. The number of nitrogens with one attached hydrogen (secondary N) is 1. The molecule has 1 aromatic rings. The molecule has 0 aliphatic rings. The van der Waals surface area contributed by atoms with Crippen LogP contribution in [0.25, 0.3) is 0 Å². The second-order valence-corrected chi connectivity index (χ2v) is 4.91. The van der Waals surface area contributed by atoms with Gasteiger partial charge in [-0.05, 0) is 19.9 Å². The molecule has 1 rings (SSSR count). The van der Waals surface area contributed by atoms with Crippen LogP contribution in [0.4, 0.5) is 11.4 Å². The molecule has 1 aromatic carbocycles. The number of nitro benzene ring substituents is 1. The molecule has 18 heavy (non-hydrogen) atoms. The Morgan fingerprint density at radius 1 is 1.56 bits per heavy atom. The second-order valence-electron chi connectivity index (χ2n) is 4.50. The molecule has 98 valence electrons. The van der Waals surface area contributed by atoms with Crippen LogP contribution in [0.1, 0.15) is 20.3 Å². The van der Waals surface area contributed by atoms with Crippen LogP contribution in [0.2, 0.25) is 5.02 Å². The number of benzene rings is 1. The summed E-state index contributed by atoms with van der Waals surface area (Å²) in [5, 5.41) is 22.4. The van der Waals surface area contributed by atoms with Gasteiger partial charge in [-0.15, -0.1) is 0 Å². The molecule has 2 N–H and O–H groups in total. The molecule has 0 radical (unpaired) electrons.